The molecule has 3 N–H and O–H groups in total. The van der Waals surface area contributed by atoms with Crippen LogP contribution in [0.5, 0.6) is 0 Å². The molecule has 0 radical (unpaired) electrons. The molecule has 0 aliphatic carbocycles. The molecule has 0 amide bonds. The van der Waals surface area contributed by atoms with Crippen molar-refractivity contribution in [1.29, 1.82) is 0 Å². The Labute approximate surface area is 145 Å². The maximum Gasteiger partial charge on any atom is 0.251 e. The zero-order valence-corrected chi connectivity index (χ0v) is 15.1. The minimum atomic E-state index is -3.59. The number of rotatable bonds is 5. The highest BCUT2D eigenvalue weighted by molar-refractivity contribution is 7.89. The van der Waals surface area contributed by atoms with E-state index < -0.39 is 10.0 Å². The zero-order chi connectivity index (χ0) is 18.2. The first-order chi connectivity index (χ1) is 11.8. The van der Waals surface area contributed by atoms with Crippen molar-refractivity contribution >= 4 is 20.9 Å². The first kappa shape index (κ1) is 17.4. The molecule has 0 aliphatic rings. The van der Waals surface area contributed by atoms with Crippen LogP contribution in [-0.2, 0) is 16.4 Å². The third kappa shape index (κ3) is 3.49. The number of fused-ring (bicyclic) bond motifs is 1. The predicted molar refractivity (Wildman–Crippen MR) is 96.3 cm³/mol. The van der Waals surface area contributed by atoms with Gasteiger partial charge in [-0.25, -0.2) is 13.1 Å². The third-order valence-corrected chi connectivity index (χ3v) is 5.85. The molecule has 2 heterocycles. The number of H-pyrrole nitrogens is 2. The minimum Gasteiger partial charge on any atom is -0.322 e. The van der Waals surface area contributed by atoms with Gasteiger partial charge in [-0.15, -0.1) is 0 Å². The van der Waals surface area contributed by atoms with Gasteiger partial charge in [-0.1, -0.05) is 6.07 Å². The van der Waals surface area contributed by atoms with Gasteiger partial charge < -0.3 is 4.98 Å². The maximum atomic E-state index is 12.4. The van der Waals surface area contributed by atoms with Gasteiger partial charge in [0.25, 0.3) is 5.56 Å². The van der Waals surface area contributed by atoms with Gasteiger partial charge in [0.15, 0.2) is 0 Å². The van der Waals surface area contributed by atoms with Crippen molar-refractivity contribution in [3.8, 4) is 0 Å². The molecule has 0 aliphatic heterocycles. The van der Waals surface area contributed by atoms with Crippen LogP contribution in [0.1, 0.15) is 22.5 Å². The van der Waals surface area contributed by atoms with E-state index in [0.29, 0.717) is 23.4 Å². The Hall–Kier alpha value is -2.45. The van der Waals surface area contributed by atoms with Crippen LogP contribution in [0, 0.1) is 20.8 Å². The van der Waals surface area contributed by atoms with Crippen molar-refractivity contribution in [1.82, 2.24) is 19.9 Å². The molecule has 25 heavy (non-hydrogen) atoms. The lowest BCUT2D eigenvalue weighted by Crippen LogP contribution is -2.26. The normalized spacial score (nSPS) is 12.0. The highest BCUT2D eigenvalue weighted by atomic mass is 32.2. The molecule has 7 nitrogen and oxygen atoms in total. The summed E-state index contributed by atoms with van der Waals surface area (Å²) in [5, 5.41) is 7.54. The van der Waals surface area contributed by atoms with Crippen LogP contribution in [-0.4, -0.2) is 30.1 Å². The number of sulfonamides is 1. The quantitative estimate of drug-likeness (QED) is 0.643. The van der Waals surface area contributed by atoms with Crippen molar-refractivity contribution < 1.29 is 8.42 Å². The number of aryl methyl sites for hydroxylation is 3. The summed E-state index contributed by atoms with van der Waals surface area (Å²) in [6.07, 6.45) is 0.545. The molecule has 0 unspecified atom stereocenters. The molecule has 1 aromatic carbocycles. The molecule has 0 fully saturated rings. The van der Waals surface area contributed by atoms with Crippen molar-refractivity contribution in [3.05, 3.63) is 57.1 Å². The second-order valence-electron chi connectivity index (χ2n) is 6.11. The highest BCUT2D eigenvalue weighted by Crippen LogP contribution is 2.17. The topological polar surface area (TPSA) is 108 Å². The fraction of sp³-hybridized carbons (Fsp3) is 0.294. The number of aromatic amines is 2. The summed E-state index contributed by atoms with van der Waals surface area (Å²) in [6, 6.07) is 7.52. The monoisotopic (exact) mass is 360 g/mol. The Kier molecular flexibility index (Phi) is 4.49. The lowest BCUT2D eigenvalue weighted by Gasteiger charge is -2.08. The van der Waals surface area contributed by atoms with Gasteiger partial charge in [-0.2, -0.15) is 5.10 Å². The van der Waals surface area contributed by atoms with E-state index in [1.165, 1.54) is 0 Å². The van der Waals surface area contributed by atoms with Gasteiger partial charge in [0, 0.05) is 17.6 Å². The Morgan fingerprint density at radius 1 is 1.16 bits per heavy atom. The molecule has 8 heteroatoms. The Morgan fingerprint density at radius 3 is 2.60 bits per heavy atom. The average Bonchev–Trinajstić information content (AvgIpc) is 2.88. The smallest absolute Gasteiger partial charge is 0.251 e. The van der Waals surface area contributed by atoms with E-state index in [2.05, 4.69) is 19.9 Å². The Morgan fingerprint density at radius 2 is 1.92 bits per heavy atom. The number of nitrogens with one attached hydrogen (secondary N) is 3. The van der Waals surface area contributed by atoms with E-state index >= 15 is 0 Å². The molecule has 3 aromatic rings. The van der Waals surface area contributed by atoms with E-state index in [0.717, 1.165) is 16.5 Å². The van der Waals surface area contributed by atoms with Gasteiger partial charge in [0.05, 0.1) is 11.4 Å². The fourth-order valence-corrected chi connectivity index (χ4v) is 4.26. The van der Waals surface area contributed by atoms with E-state index in [9.17, 15) is 13.2 Å². The second-order valence-corrected chi connectivity index (χ2v) is 7.82. The van der Waals surface area contributed by atoms with Gasteiger partial charge in [0.1, 0.15) is 4.90 Å². The summed E-state index contributed by atoms with van der Waals surface area (Å²) in [4.78, 5) is 14.7. The van der Waals surface area contributed by atoms with Crippen LogP contribution in [0.2, 0.25) is 0 Å². The predicted octanol–water partition coefficient (Wildman–Crippen LogP) is 1.70. The van der Waals surface area contributed by atoms with Crippen LogP contribution in [0.15, 0.2) is 34.0 Å². The summed E-state index contributed by atoms with van der Waals surface area (Å²) in [7, 11) is -3.59. The lowest BCUT2D eigenvalue weighted by molar-refractivity contribution is 0.580. The van der Waals surface area contributed by atoms with Crippen LogP contribution in [0.4, 0.5) is 0 Å². The second kappa shape index (κ2) is 6.45. The van der Waals surface area contributed by atoms with Gasteiger partial charge in [-0.05, 0) is 56.3 Å². The summed E-state index contributed by atoms with van der Waals surface area (Å²) in [6.45, 7) is 5.38. The molecular weight excluding hydrogens is 340 g/mol. The number of pyridine rings is 1. The average molecular weight is 360 g/mol. The maximum absolute atomic E-state index is 12.4. The van der Waals surface area contributed by atoms with E-state index in [4.69, 9.17) is 0 Å². The summed E-state index contributed by atoms with van der Waals surface area (Å²) < 4.78 is 27.4. The minimum absolute atomic E-state index is 0.0983. The van der Waals surface area contributed by atoms with Crippen LogP contribution >= 0.6 is 0 Å². The summed E-state index contributed by atoms with van der Waals surface area (Å²) in [5.41, 5.74) is 3.28. The molecule has 0 saturated heterocycles. The SMILES string of the molecule is Cc1n[nH]c(C)c1S(=O)(=O)NCCc1ccc2[nH]c(=O)c(C)cc2c1. The molecule has 132 valence electrons. The number of hydrogen-bond donors (Lipinski definition) is 3. The van der Waals surface area contributed by atoms with Crippen molar-refractivity contribution in [2.75, 3.05) is 6.54 Å². The number of benzene rings is 1. The number of nitrogens with zero attached hydrogens (tertiary/aromatic N) is 1. The van der Waals surface area contributed by atoms with Crippen molar-refractivity contribution in [2.24, 2.45) is 0 Å². The molecule has 0 saturated carbocycles. The lowest BCUT2D eigenvalue weighted by atomic mass is 10.1. The van der Waals surface area contributed by atoms with Gasteiger partial charge in [-0.3, -0.25) is 9.89 Å². The number of aromatic nitrogens is 3. The standard InChI is InChI=1S/C17H20N4O3S/c1-10-8-14-9-13(4-5-15(14)19-17(10)22)6-7-18-25(23,24)16-11(2)20-21-12(16)3/h4-5,8-9,18H,6-7H2,1-3H3,(H,19,22)(H,20,21). The van der Waals surface area contributed by atoms with Crippen LogP contribution in [0.25, 0.3) is 10.9 Å². The van der Waals surface area contributed by atoms with Gasteiger partial charge in [0.2, 0.25) is 10.0 Å². The molecule has 0 bridgehead atoms. The fourth-order valence-electron chi connectivity index (χ4n) is 2.86. The molecule has 2 aromatic heterocycles. The van der Waals surface area contributed by atoms with E-state index in [1.807, 2.05) is 24.3 Å². The number of hydrogen-bond acceptors (Lipinski definition) is 4. The molecular formula is C17H20N4O3S. The summed E-state index contributed by atoms with van der Waals surface area (Å²) >= 11 is 0. The van der Waals surface area contributed by atoms with Gasteiger partial charge >= 0.3 is 0 Å². The largest absolute Gasteiger partial charge is 0.322 e. The van der Waals surface area contributed by atoms with E-state index in [-0.39, 0.29) is 17.0 Å². The van der Waals surface area contributed by atoms with Crippen molar-refractivity contribution in [3.63, 3.8) is 0 Å². The highest BCUT2D eigenvalue weighted by Gasteiger charge is 2.21. The Balaban J connectivity index is 1.75. The van der Waals surface area contributed by atoms with Crippen LogP contribution < -0.4 is 10.3 Å². The van der Waals surface area contributed by atoms with Crippen LogP contribution in [0.3, 0.4) is 0 Å². The first-order valence-corrected chi connectivity index (χ1v) is 9.40. The molecule has 3 rings (SSSR count). The third-order valence-electron chi connectivity index (χ3n) is 4.13. The zero-order valence-electron chi connectivity index (χ0n) is 14.3. The summed E-state index contributed by atoms with van der Waals surface area (Å²) in [5.74, 6) is 0. The molecule has 0 atom stereocenters. The van der Waals surface area contributed by atoms with E-state index in [1.54, 1.807) is 20.8 Å². The Bertz CT molecular complexity index is 1080. The molecule has 0 spiro atoms. The first-order valence-electron chi connectivity index (χ1n) is 7.92. The van der Waals surface area contributed by atoms with Crippen molar-refractivity contribution in [2.45, 2.75) is 32.1 Å².